The largest absolute Gasteiger partial charge is 0.472 e. The number of aryl methyl sites for hydroxylation is 1. The van der Waals surface area contributed by atoms with Gasteiger partial charge in [0.15, 0.2) is 5.82 Å². The number of nitrogens with zero attached hydrogens (tertiary/aromatic N) is 5. The summed E-state index contributed by atoms with van der Waals surface area (Å²) in [5, 5.41) is 0. The summed E-state index contributed by atoms with van der Waals surface area (Å²) in [6, 6.07) is 4.88. The van der Waals surface area contributed by atoms with Crippen molar-refractivity contribution in [1.29, 1.82) is 0 Å². The van der Waals surface area contributed by atoms with Crippen LogP contribution < -0.4 is 0 Å². The Morgan fingerprint density at radius 3 is 2.65 bits per heavy atom. The number of hydrogen-bond donors (Lipinski definition) is 0. The number of halogens is 3. The summed E-state index contributed by atoms with van der Waals surface area (Å²) in [5.74, 6) is 0.137. The molecule has 0 N–H and O–H groups in total. The summed E-state index contributed by atoms with van der Waals surface area (Å²) >= 11 is 0. The highest BCUT2D eigenvalue weighted by Gasteiger charge is 2.35. The predicted octanol–water partition coefficient (Wildman–Crippen LogP) is 4.91. The zero-order valence-electron chi connectivity index (χ0n) is 19.2. The lowest BCUT2D eigenvalue weighted by atomic mass is 9.98. The summed E-state index contributed by atoms with van der Waals surface area (Å²) in [4.78, 5) is 32.0. The SMILES string of the molecule is C=C(C=N/C(=C\C)O[C@@H]1CCCN(C(=O)c2nc(C)ccc2-c2ncccn2)[C@H]1C)C(F)(F)F. The van der Waals surface area contributed by atoms with Gasteiger partial charge in [-0.2, -0.15) is 13.2 Å². The molecule has 0 aliphatic carbocycles. The number of carbonyl (C=O) groups is 1. The molecule has 1 fully saturated rings. The fourth-order valence-corrected chi connectivity index (χ4v) is 3.57. The molecule has 3 rings (SSSR count). The van der Waals surface area contributed by atoms with Gasteiger partial charge in [-0.25, -0.2) is 19.9 Å². The monoisotopic (exact) mass is 473 g/mol. The molecular formula is C24H26F3N5O2. The number of aromatic nitrogens is 3. The number of carbonyl (C=O) groups excluding carboxylic acids is 1. The molecule has 0 radical (unpaired) electrons. The Bertz CT molecular complexity index is 1100. The Morgan fingerprint density at radius 2 is 2.00 bits per heavy atom. The van der Waals surface area contributed by atoms with Crippen molar-refractivity contribution in [1.82, 2.24) is 19.9 Å². The van der Waals surface area contributed by atoms with Crippen molar-refractivity contribution in [3.8, 4) is 11.4 Å². The van der Waals surface area contributed by atoms with Gasteiger partial charge in [0, 0.05) is 30.8 Å². The summed E-state index contributed by atoms with van der Waals surface area (Å²) in [6.45, 7) is 8.71. The van der Waals surface area contributed by atoms with Gasteiger partial charge >= 0.3 is 6.18 Å². The number of ether oxygens (including phenoxy) is 1. The first-order valence-corrected chi connectivity index (χ1v) is 10.8. The van der Waals surface area contributed by atoms with E-state index < -0.39 is 17.9 Å². The van der Waals surface area contributed by atoms with Gasteiger partial charge in [-0.05, 0) is 57.9 Å². The van der Waals surface area contributed by atoms with E-state index in [1.165, 1.54) is 6.08 Å². The zero-order chi connectivity index (χ0) is 24.9. The third-order valence-corrected chi connectivity index (χ3v) is 5.45. The molecule has 0 bridgehead atoms. The molecule has 2 atom stereocenters. The van der Waals surface area contributed by atoms with Crippen LogP contribution in [-0.4, -0.2) is 56.8 Å². The first kappa shape index (κ1) is 25.1. The Balaban J connectivity index is 1.81. The Labute approximate surface area is 196 Å². The Kier molecular flexibility index (Phi) is 7.80. The fourth-order valence-electron chi connectivity index (χ4n) is 3.57. The van der Waals surface area contributed by atoms with Crippen LogP contribution in [0, 0.1) is 6.92 Å². The number of allylic oxidation sites excluding steroid dienone is 2. The minimum atomic E-state index is -4.56. The van der Waals surface area contributed by atoms with Crippen molar-refractivity contribution in [3.05, 3.63) is 66.1 Å². The van der Waals surface area contributed by atoms with E-state index in [1.807, 2.05) is 6.92 Å². The third-order valence-electron chi connectivity index (χ3n) is 5.45. The van der Waals surface area contributed by atoms with Crippen LogP contribution in [0.1, 0.15) is 42.9 Å². The van der Waals surface area contributed by atoms with Crippen molar-refractivity contribution in [2.45, 2.75) is 51.9 Å². The van der Waals surface area contributed by atoms with Crippen LogP contribution in [0.25, 0.3) is 11.4 Å². The lowest BCUT2D eigenvalue weighted by Gasteiger charge is -2.39. The number of piperidine rings is 1. The van der Waals surface area contributed by atoms with Crippen molar-refractivity contribution in [3.63, 3.8) is 0 Å². The highest BCUT2D eigenvalue weighted by molar-refractivity contribution is 5.98. The average Bonchev–Trinajstić information content (AvgIpc) is 2.82. The van der Waals surface area contributed by atoms with Crippen molar-refractivity contribution in [2.75, 3.05) is 6.54 Å². The van der Waals surface area contributed by atoms with Crippen molar-refractivity contribution < 1.29 is 22.7 Å². The van der Waals surface area contributed by atoms with Crippen LogP contribution in [0.5, 0.6) is 0 Å². The molecule has 7 nitrogen and oxygen atoms in total. The van der Waals surface area contributed by atoms with E-state index in [0.717, 1.165) is 0 Å². The topological polar surface area (TPSA) is 80.6 Å². The van der Waals surface area contributed by atoms with Gasteiger partial charge in [-0.1, -0.05) is 6.58 Å². The van der Waals surface area contributed by atoms with E-state index >= 15 is 0 Å². The highest BCUT2D eigenvalue weighted by atomic mass is 19.4. The number of likely N-dealkylation sites (tertiary alicyclic amines) is 1. The third kappa shape index (κ3) is 5.86. The van der Waals surface area contributed by atoms with E-state index in [4.69, 9.17) is 4.74 Å². The number of rotatable bonds is 6. The van der Waals surface area contributed by atoms with E-state index in [0.29, 0.717) is 42.7 Å². The van der Waals surface area contributed by atoms with Gasteiger partial charge in [-0.3, -0.25) is 4.79 Å². The van der Waals surface area contributed by atoms with E-state index in [9.17, 15) is 18.0 Å². The van der Waals surface area contributed by atoms with Crippen LogP contribution in [0.3, 0.4) is 0 Å². The Hall–Kier alpha value is -3.56. The van der Waals surface area contributed by atoms with Crippen LogP contribution in [0.2, 0.25) is 0 Å². The molecule has 34 heavy (non-hydrogen) atoms. The molecular weight excluding hydrogens is 447 g/mol. The van der Waals surface area contributed by atoms with Gasteiger partial charge in [0.1, 0.15) is 11.8 Å². The quantitative estimate of drug-likeness (QED) is 0.440. The predicted molar refractivity (Wildman–Crippen MR) is 122 cm³/mol. The normalized spacial score (nSPS) is 19.4. The highest BCUT2D eigenvalue weighted by Crippen LogP contribution is 2.28. The number of pyridine rings is 1. The van der Waals surface area contributed by atoms with Gasteiger partial charge in [0.05, 0.1) is 17.2 Å². The molecule has 0 saturated carbocycles. The molecule has 1 saturated heterocycles. The van der Waals surface area contributed by atoms with Gasteiger partial charge in [-0.15, -0.1) is 0 Å². The Morgan fingerprint density at radius 1 is 1.29 bits per heavy atom. The van der Waals surface area contributed by atoms with Crippen LogP contribution in [0.15, 0.2) is 59.7 Å². The summed E-state index contributed by atoms with van der Waals surface area (Å²) in [7, 11) is 0. The van der Waals surface area contributed by atoms with Gasteiger partial charge in [0.2, 0.25) is 5.88 Å². The minimum absolute atomic E-state index is 0.0311. The van der Waals surface area contributed by atoms with Crippen LogP contribution in [-0.2, 0) is 4.74 Å². The molecule has 1 aliphatic rings. The molecule has 10 heteroatoms. The second-order valence-electron chi connectivity index (χ2n) is 7.87. The summed E-state index contributed by atoms with van der Waals surface area (Å²) < 4.78 is 44.0. The van der Waals surface area contributed by atoms with Gasteiger partial charge in [0.25, 0.3) is 5.91 Å². The molecule has 0 unspecified atom stereocenters. The fraction of sp³-hybridized carbons (Fsp3) is 0.375. The second-order valence-corrected chi connectivity index (χ2v) is 7.87. The number of hydrogen-bond acceptors (Lipinski definition) is 6. The van der Waals surface area contributed by atoms with Gasteiger partial charge < -0.3 is 9.64 Å². The molecule has 0 spiro atoms. The molecule has 1 amide bonds. The van der Waals surface area contributed by atoms with Crippen molar-refractivity contribution in [2.24, 2.45) is 4.99 Å². The molecule has 2 aromatic rings. The van der Waals surface area contributed by atoms with Crippen LogP contribution in [0.4, 0.5) is 13.2 Å². The summed E-state index contributed by atoms with van der Waals surface area (Å²) in [5.41, 5.74) is 0.362. The minimum Gasteiger partial charge on any atom is -0.472 e. The molecule has 3 heterocycles. The van der Waals surface area contributed by atoms with E-state index in [-0.39, 0.29) is 23.5 Å². The number of alkyl halides is 3. The van der Waals surface area contributed by atoms with Crippen molar-refractivity contribution >= 4 is 12.1 Å². The standard InChI is InChI=1S/C24H26F3N5O2/c1-5-20(30-14-15(2)24(25,26)27)34-19-8-6-13-32(17(19)4)23(33)21-18(10-9-16(3)31-21)22-28-11-7-12-29-22/h5,7,9-12,14,17,19H,2,6,8,13H2,1,3-4H3/b20-5+,30-14?/t17-,19+/m0/s1. The molecule has 1 aliphatic heterocycles. The maximum absolute atomic E-state index is 13.6. The summed E-state index contributed by atoms with van der Waals surface area (Å²) in [6.07, 6.45) is 1.54. The first-order chi connectivity index (χ1) is 16.1. The van der Waals surface area contributed by atoms with E-state index in [2.05, 4.69) is 26.5 Å². The first-order valence-electron chi connectivity index (χ1n) is 10.8. The zero-order valence-corrected chi connectivity index (χ0v) is 19.2. The van der Waals surface area contributed by atoms with Crippen LogP contribution >= 0.6 is 0 Å². The maximum Gasteiger partial charge on any atom is 0.417 e. The number of aliphatic imine (C=N–C) groups is 1. The maximum atomic E-state index is 13.6. The average molecular weight is 473 g/mol. The molecule has 0 aromatic carbocycles. The lowest BCUT2D eigenvalue weighted by molar-refractivity contribution is -0.0852. The molecule has 2 aromatic heterocycles. The lowest BCUT2D eigenvalue weighted by Crippen LogP contribution is -2.50. The smallest absolute Gasteiger partial charge is 0.417 e. The van der Waals surface area contributed by atoms with E-state index in [1.54, 1.807) is 49.3 Å². The molecule has 180 valence electrons. The number of amides is 1. The second kappa shape index (κ2) is 10.6.